The normalized spacial score (nSPS) is 11.6. The van der Waals surface area contributed by atoms with Gasteiger partial charge in [0.1, 0.15) is 0 Å². The van der Waals surface area contributed by atoms with Crippen LogP contribution in [0.5, 0.6) is 0 Å². The summed E-state index contributed by atoms with van der Waals surface area (Å²) in [7, 11) is 0. The number of para-hydroxylation sites is 2. The molecular weight excluding hydrogens is 384 g/mol. The second-order valence-corrected chi connectivity index (χ2v) is 7.37. The van der Waals surface area contributed by atoms with E-state index in [2.05, 4.69) is 62.4 Å². The standard InChI is InChI=1S/C25H28N6/c1-2-26-25(28-16-14-22-7-5-6-15-27-22)29-17-20-10-12-21(13-11-20)18-31-19-30-23-8-3-4-9-24(23)31/h3-13,15,19H,2,14,16-18H2,1H3,(H2,26,28,29). The van der Waals surface area contributed by atoms with Gasteiger partial charge in [0.25, 0.3) is 0 Å². The molecule has 2 N–H and O–H groups in total. The van der Waals surface area contributed by atoms with Gasteiger partial charge < -0.3 is 15.2 Å². The number of aliphatic imine (C=N–C) groups is 1. The van der Waals surface area contributed by atoms with Crippen LogP contribution < -0.4 is 10.6 Å². The summed E-state index contributed by atoms with van der Waals surface area (Å²) in [6.07, 6.45) is 4.60. The largest absolute Gasteiger partial charge is 0.357 e. The summed E-state index contributed by atoms with van der Waals surface area (Å²) in [5.41, 5.74) is 5.69. The van der Waals surface area contributed by atoms with Gasteiger partial charge >= 0.3 is 0 Å². The van der Waals surface area contributed by atoms with E-state index in [4.69, 9.17) is 4.99 Å². The first-order chi connectivity index (χ1) is 15.3. The van der Waals surface area contributed by atoms with Crippen molar-refractivity contribution in [3.05, 3.63) is 96.1 Å². The third kappa shape index (κ3) is 5.69. The Labute approximate surface area is 183 Å². The van der Waals surface area contributed by atoms with Crippen LogP contribution in [0, 0.1) is 0 Å². The Morgan fingerprint density at radius 3 is 2.52 bits per heavy atom. The van der Waals surface area contributed by atoms with Gasteiger partial charge in [0.05, 0.1) is 23.9 Å². The van der Waals surface area contributed by atoms with Crippen LogP contribution in [0.15, 0.2) is 84.2 Å². The van der Waals surface area contributed by atoms with Crippen LogP contribution in [-0.2, 0) is 19.5 Å². The number of hydrogen-bond acceptors (Lipinski definition) is 3. The monoisotopic (exact) mass is 412 g/mol. The highest BCUT2D eigenvalue weighted by Gasteiger charge is 2.03. The maximum absolute atomic E-state index is 4.72. The topological polar surface area (TPSA) is 67.1 Å². The molecular formula is C25H28N6. The second-order valence-electron chi connectivity index (χ2n) is 7.37. The summed E-state index contributed by atoms with van der Waals surface area (Å²) in [5.74, 6) is 0.826. The van der Waals surface area contributed by atoms with E-state index >= 15 is 0 Å². The zero-order chi connectivity index (χ0) is 21.3. The molecule has 0 atom stereocenters. The molecule has 6 nitrogen and oxygen atoms in total. The number of aromatic nitrogens is 3. The van der Waals surface area contributed by atoms with Crippen LogP contribution in [0.4, 0.5) is 0 Å². The van der Waals surface area contributed by atoms with Gasteiger partial charge in [-0.1, -0.05) is 42.5 Å². The first-order valence-corrected chi connectivity index (χ1v) is 10.7. The molecule has 0 saturated carbocycles. The van der Waals surface area contributed by atoms with Crippen LogP contribution in [0.1, 0.15) is 23.7 Å². The minimum Gasteiger partial charge on any atom is -0.357 e. The predicted molar refractivity (Wildman–Crippen MR) is 126 cm³/mol. The third-order valence-corrected chi connectivity index (χ3v) is 5.07. The van der Waals surface area contributed by atoms with E-state index in [1.807, 2.05) is 48.9 Å². The Bertz CT molecular complexity index is 1120. The number of pyridine rings is 1. The number of rotatable bonds is 8. The van der Waals surface area contributed by atoms with Gasteiger partial charge in [-0.3, -0.25) is 4.98 Å². The molecule has 0 radical (unpaired) electrons. The number of nitrogens with one attached hydrogen (secondary N) is 2. The van der Waals surface area contributed by atoms with Crippen molar-refractivity contribution in [1.82, 2.24) is 25.2 Å². The first-order valence-electron chi connectivity index (χ1n) is 10.7. The third-order valence-electron chi connectivity index (χ3n) is 5.07. The summed E-state index contributed by atoms with van der Waals surface area (Å²) in [6.45, 7) is 5.13. The van der Waals surface area contributed by atoms with Crippen LogP contribution >= 0.6 is 0 Å². The molecule has 4 rings (SSSR count). The van der Waals surface area contributed by atoms with Crippen molar-refractivity contribution in [2.24, 2.45) is 4.99 Å². The average molecular weight is 413 g/mol. The molecule has 0 amide bonds. The molecule has 2 aromatic heterocycles. The van der Waals surface area contributed by atoms with E-state index in [0.717, 1.165) is 48.7 Å². The number of benzene rings is 2. The molecule has 0 aliphatic rings. The molecule has 6 heteroatoms. The molecule has 0 spiro atoms. The maximum atomic E-state index is 4.72. The molecule has 0 aliphatic carbocycles. The van der Waals surface area contributed by atoms with E-state index in [0.29, 0.717) is 6.54 Å². The van der Waals surface area contributed by atoms with E-state index in [9.17, 15) is 0 Å². The lowest BCUT2D eigenvalue weighted by molar-refractivity contribution is 0.788. The number of nitrogens with zero attached hydrogens (tertiary/aromatic N) is 4. The van der Waals surface area contributed by atoms with Crippen LogP contribution in [0.25, 0.3) is 11.0 Å². The van der Waals surface area contributed by atoms with Crippen molar-refractivity contribution in [2.75, 3.05) is 13.1 Å². The van der Waals surface area contributed by atoms with Gasteiger partial charge in [0, 0.05) is 37.9 Å². The van der Waals surface area contributed by atoms with Gasteiger partial charge in [0.2, 0.25) is 0 Å². The molecule has 158 valence electrons. The minimum absolute atomic E-state index is 0.632. The molecule has 0 unspecified atom stereocenters. The maximum Gasteiger partial charge on any atom is 0.191 e. The lowest BCUT2D eigenvalue weighted by atomic mass is 10.1. The lowest BCUT2D eigenvalue weighted by Gasteiger charge is -2.11. The van der Waals surface area contributed by atoms with Gasteiger partial charge in [-0.25, -0.2) is 9.98 Å². The van der Waals surface area contributed by atoms with Crippen molar-refractivity contribution >= 4 is 17.0 Å². The SMILES string of the molecule is CCNC(=NCc1ccc(Cn2cnc3ccccc32)cc1)NCCc1ccccn1. The summed E-state index contributed by atoms with van der Waals surface area (Å²) >= 11 is 0. The van der Waals surface area contributed by atoms with Crippen LogP contribution in [-0.4, -0.2) is 33.6 Å². The number of hydrogen-bond donors (Lipinski definition) is 2. The van der Waals surface area contributed by atoms with E-state index in [1.165, 1.54) is 11.1 Å². The highest BCUT2D eigenvalue weighted by atomic mass is 15.2. The average Bonchev–Trinajstić information content (AvgIpc) is 3.22. The minimum atomic E-state index is 0.632. The Kier molecular flexibility index (Phi) is 6.90. The van der Waals surface area contributed by atoms with Crippen LogP contribution in [0.3, 0.4) is 0 Å². The molecule has 4 aromatic rings. The molecule has 0 fully saturated rings. The van der Waals surface area contributed by atoms with Crippen molar-refractivity contribution in [3.8, 4) is 0 Å². The first kappa shape index (κ1) is 20.6. The summed E-state index contributed by atoms with van der Waals surface area (Å²) in [6, 6.07) is 22.8. The molecule has 0 bridgehead atoms. The van der Waals surface area contributed by atoms with Gasteiger partial charge in [-0.2, -0.15) is 0 Å². The zero-order valence-electron chi connectivity index (χ0n) is 17.8. The lowest BCUT2D eigenvalue weighted by Crippen LogP contribution is -2.38. The molecule has 2 aromatic carbocycles. The van der Waals surface area contributed by atoms with E-state index in [-0.39, 0.29) is 0 Å². The second kappa shape index (κ2) is 10.4. The van der Waals surface area contributed by atoms with Gasteiger partial charge in [-0.05, 0) is 42.3 Å². The Hall–Kier alpha value is -3.67. The molecule has 0 saturated heterocycles. The van der Waals surface area contributed by atoms with Gasteiger partial charge in [-0.15, -0.1) is 0 Å². The highest BCUT2D eigenvalue weighted by Crippen LogP contribution is 2.14. The Morgan fingerprint density at radius 1 is 0.903 bits per heavy atom. The highest BCUT2D eigenvalue weighted by molar-refractivity contribution is 5.79. The smallest absolute Gasteiger partial charge is 0.191 e. The Morgan fingerprint density at radius 2 is 1.71 bits per heavy atom. The molecule has 2 heterocycles. The number of fused-ring (bicyclic) bond motifs is 1. The summed E-state index contributed by atoms with van der Waals surface area (Å²) in [5, 5.41) is 6.69. The summed E-state index contributed by atoms with van der Waals surface area (Å²) in [4.78, 5) is 13.6. The summed E-state index contributed by atoms with van der Waals surface area (Å²) < 4.78 is 2.18. The van der Waals surface area contributed by atoms with Crippen molar-refractivity contribution in [3.63, 3.8) is 0 Å². The van der Waals surface area contributed by atoms with Gasteiger partial charge in [0.15, 0.2) is 5.96 Å². The fraction of sp³-hybridized carbons (Fsp3) is 0.240. The van der Waals surface area contributed by atoms with Crippen molar-refractivity contribution in [2.45, 2.75) is 26.4 Å². The fourth-order valence-electron chi connectivity index (χ4n) is 3.45. The van der Waals surface area contributed by atoms with Crippen molar-refractivity contribution in [1.29, 1.82) is 0 Å². The number of guanidine groups is 1. The Balaban J connectivity index is 1.33. The van der Waals surface area contributed by atoms with E-state index in [1.54, 1.807) is 0 Å². The molecule has 0 aliphatic heterocycles. The quantitative estimate of drug-likeness (QED) is 0.341. The van der Waals surface area contributed by atoms with E-state index < -0.39 is 0 Å². The van der Waals surface area contributed by atoms with Crippen molar-refractivity contribution < 1.29 is 0 Å². The fourth-order valence-corrected chi connectivity index (χ4v) is 3.45. The zero-order valence-corrected chi connectivity index (χ0v) is 17.8. The molecule has 31 heavy (non-hydrogen) atoms. The predicted octanol–water partition coefficient (Wildman–Crippen LogP) is 3.78. The van der Waals surface area contributed by atoms with Crippen LogP contribution in [0.2, 0.25) is 0 Å². The number of imidazole rings is 1.